The Morgan fingerprint density at radius 3 is 1.38 bits per heavy atom. The van der Waals surface area contributed by atoms with Gasteiger partial charge in [0, 0.05) is 19.8 Å². The summed E-state index contributed by atoms with van der Waals surface area (Å²) in [6, 6.07) is 15.0. The third-order valence-corrected chi connectivity index (χ3v) is 14.5. The maximum atomic E-state index is 5.35. The highest BCUT2D eigenvalue weighted by atomic mass is 28.3. The second-order valence-electron chi connectivity index (χ2n) is 18.9. The quantitative estimate of drug-likeness (QED) is 0.0716. The van der Waals surface area contributed by atoms with E-state index in [4.69, 9.17) is 5.73 Å². The van der Waals surface area contributed by atoms with Crippen molar-refractivity contribution < 1.29 is 0 Å². The molecular weight excluding hydrogens is 655 g/mol. The van der Waals surface area contributed by atoms with Crippen LogP contribution in [0.3, 0.4) is 0 Å². The molecule has 0 bridgehead atoms. The van der Waals surface area contributed by atoms with E-state index >= 15 is 0 Å². The maximum Gasteiger partial charge on any atom is 0.0439 e. The molecule has 300 valence electrons. The zero-order valence-electron chi connectivity index (χ0n) is 36.7. The second-order valence-corrected chi connectivity index (χ2v) is 22.1. The van der Waals surface area contributed by atoms with Crippen LogP contribution in [0.4, 0.5) is 0 Å². The van der Waals surface area contributed by atoms with Gasteiger partial charge in [-0.3, -0.25) is 0 Å². The molecule has 0 heterocycles. The molecule has 1 unspecified atom stereocenters. The molecule has 1 nitrogen and oxygen atoms in total. The van der Waals surface area contributed by atoms with Crippen LogP contribution >= 0.6 is 0 Å². The third kappa shape index (κ3) is 15.4. The second kappa shape index (κ2) is 24.8. The number of unbranched alkanes of at least 4 members (excludes halogenated alkanes) is 22. The Hall–Kier alpha value is -1.64. The summed E-state index contributed by atoms with van der Waals surface area (Å²) in [5, 5.41) is 0. The summed E-state index contributed by atoms with van der Waals surface area (Å²) in [5.74, 6) is 0. The highest BCUT2D eigenvalue weighted by Gasteiger charge is 2.43. The van der Waals surface area contributed by atoms with Gasteiger partial charge in [-0.2, -0.15) is 0 Å². The number of rotatable bonds is 27. The molecule has 0 spiro atoms. The van der Waals surface area contributed by atoms with Crippen molar-refractivity contribution in [3.63, 3.8) is 0 Å². The topological polar surface area (TPSA) is 26.0 Å². The SMILES string of the molecule is CC(C)(C)N.CCCCCCCCCCCCCCC1(CCCCCCCCCCCCCC)c2ccccc2-c2cc3c(cc21)C=C(C)C3[SiH](C)C. The summed E-state index contributed by atoms with van der Waals surface area (Å²) in [7, 11) is -0.822. The van der Waals surface area contributed by atoms with Crippen molar-refractivity contribution in [3.05, 3.63) is 64.2 Å². The Labute approximate surface area is 332 Å². The molecule has 53 heavy (non-hydrogen) atoms. The van der Waals surface area contributed by atoms with Gasteiger partial charge >= 0.3 is 0 Å². The average Bonchev–Trinajstić information content (AvgIpc) is 3.58. The zero-order chi connectivity index (χ0) is 38.5. The van der Waals surface area contributed by atoms with E-state index in [9.17, 15) is 0 Å². The highest BCUT2D eigenvalue weighted by molar-refractivity contribution is 6.58. The van der Waals surface area contributed by atoms with Gasteiger partial charge in [0.15, 0.2) is 0 Å². The van der Waals surface area contributed by atoms with Crippen LogP contribution in [-0.4, -0.2) is 14.3 Å². The van der Waals surface area contributed by atoms with Gasteiger partial charge in [-0.15, -0.1) is 0 Å². The van der Waals surface area contributed by atoms with Crippen LogP contribution in [0.5, 0.6) is 0 Å². The minimum Gasteiger partial charge on any atom is -0.326 e. The van der Waals surface area contributed by atoms with Crippen LogP contribution in [0, 0.1) is 0 Å². The first-order valence-electron chi connectivity index (χ1n) is 23.3. The molecule has 2 N–H and O–H groups in total. The van der Waals surface area contributed by atoms with Crippen molar-refractivity contribution in [1.82, 2.24) is 0 Å². The molecule has 4 rings (SSSR count). The molecule has 2 heteroatoms. The molecule has 0 amide bonds. The monoisotopic (exact) mass is 742 g/mol. The lowest BCUT2D eigenvalue weighted by Gasteiger charge is -2.33. The fourth-order valence-electron chi connectivity index (χ4n) is 9.59. The van der Waals surface area contributed by atoms with E-state index in [2.05, 4.69) is 76.3 Å². The molecule has 0 aliphatic heterocycles. The fourth-order valence-corrected chi connectivity index (χ4v) is 11.7. The maximum absolute atomic E-state index is 5.35. The molecule has 0 aromatic heterocycles. The minimum atomic E-state index is -0.822. The van der Waals surface area contributed by atoms with E-state index in [0.717, 1.165) is 0 Å². The summed E-state index contributed by atoms with van der Waals surface area (Å²) in [4.78, 5) is 0. The van der Waals surface area contributed by atoms with Gasteiger partial charge in [0.1, 0.15) is 0 Å². The van der Waals surface area contributed by atoms with Crippen LogP contribution in [0.15, 0.2) is 42.0 Å². The lowest BCUT2D eigenvalue weighted by Crippen LogP contribution is -2.26. The van der Waals surface area contributed by atoms with Gasteiger partial charge in [-0.25, -0.2) is 0 Å². The van der Waals surface area contributed by atoms with Crippen LogP contribution in [-0.2, 0) is 5.41 Å². The summed E-state index contributed by atoms with van der Waals surface area (Å²) in [6.07, 6.45) is 39.5. The van der Waals surface area contributed by atoms with Crippen LogP contribution in [0.1, 0.15) is 236 Å². The Morgan fingerprint density at radius 2 is 0.962 bits per heavy atom. The molecule has 2 aliphatic rings. The predicted octanol–water partition coefficient (Wildman–Crippen LogP) is 16.4. The van der Waals surface area contributed by atoms with E-state index in [1.807, 2.05) is 20.8 Å². The summed E-state index contributed by atoms with van der Waals surface area (Å²) >= 11 is 0. The lowest BCUT2D eigenvalue weighted by atomic mass is 9.70. The van der Waals surface area contributed by atoms with E-state index < -0.39 is 8.80 Å². The molecule has 0 radical (unpaired) electrons. The van der Waals surface area contributed by atoms with Gasteiger partial charge in [0.2, 0.25) is 0 Å². The Balaban J connectivity index is 0.00000141. The highest BCUT2D eigenvalue weighted by Crippen LogP contribution is 2.56. The van der Waals surface area contributed by atoms with Crippen molar-refractivity contribution in [2.75, 3.05) is 0 Å². The third-order valence-electron chi connectivity index (χ3n) is 12.3. The Kier molecular flexibility index (Phi) is 21.4. The van der Waals surface area contributed by atoms with Crippen LogP contribution in [0.25, 0.3) is 17.2 Å². The molecule has 1 atom stereocenters. The minimum absolute atomic E-state index is 0. The van der Waals surface area contributed by atoms with Crippen molar-refractivity contribution in [3.8, 4) is 11.1 Å². The summed E-state index contributed by atoms with van der Waals surface area (Å²) < 4.78 is 0. The van der Waals surface area contributed by atoms with Gasteiger partial charge < -0.3 is 5.73 Å². The van der Waals surface area contributed by atoms with E-state index in [0.29, 0.717) is 5.54 Å². The molecule has 0 fully saturated rings. The first-order valence-corrected chi connectivity index (χ1v) is 26.3. The number of benzene rings is 2. The Morgan fingerprint density at radius 1 is 0.566 bits per heavy atom. The molecule has 2 aromatic carbocycles. The summed E-state index contributed by atoms with van der Waals surface area (Å²) in [5.41, 5.74) is 17.6. The standard InChI is InChI=1S/C47H76Si.C4H11N/c1-6-8-10-12-14-16-18-20-22-24-26-30-34-47(35-31-27-25-23-21-19-17-15-13-11-9-7-2)44-33-29-28-32-41(44)43-38-42-40(37-45(43)47)36-39(3)46(42)48(4)5;1-4(2,3)5/h28-29,32-33,36-38,46,48H,6-27,30-31,34-35H2,1-5H3;5H2,1-3H3. The Bertz CT molecular complexity index is 1280. The molecule has 0 saturated heterocycles. The van der Waals surface area contributed by atoms with Crippen LogP contribution < -0.4 is 5.73 Å². The predicted molar refractivity (Wildman–Crippen MR) is 243 cm³/mol. The molecule has 2 aliphatic carbocycles. The number of nitrogens with two attached hydrogens (primary N) is 1. The zero-order valence-corrected chi connectivity index (χ0v) is 37.8. The number of hydrogen-bond acceptors (Lipinski definition) is 1. The van der Waals surface area contributed by atoms with Gasteiger partial charge in [0.25, 0.3) is 0 Å². The largest absolute Gasteiger partial charge is 0.326 e. The van der Waals surface area contributed by atoms with Gasteiger partial charge in [-0.05, 0) is 91.6 Å². The van der Waals surface area contributed by atoms with Gasteiger partial charge in [0.05, 0.1) is 0 Å². The van der Waals surface area contributed by atoms with Gasteiger partial charge in [-0.1, -0.05) is 217 Å². The lowest BCUT2D eigenvalue weighted by molar-refractivity contribution is 0.396. The van der Waals surface area contributed by atoms with E-state index in [1.54, 1.807) is 39.0 Å². The number of fused-ring (bicyclic) bond motifs is 4. The number of allylic oxidation sites excluding steroid dienone is 1. The van der Waals surface area contributed by atoms with Crippen molar-refractivity contribution in [1.29, 1.82) is 0 Å². The van der Waals surface area contributed by atoms with Crippen molar-refractivity contribution in [2.45, 2.75) is 238 Å². The van der Waals surface area contributed by atoms with Crippen molar-refractivity contribution >= 4 is 14.9 Å². The van der Waals surface area contributed by atoms with Crippen LogP contribution in [0.2, 0.25) is 13.1 Å². The first kappa shape index (κ1) is 45.7. The fraction of sp³-hybridized carbons (Fsp3) is 0.725. The first-order chi connectivity index (χ1) is 25.5. The normalized spacial score (nSPS) is 15.6. The molecular formula is C51H87NSi. The smallest absolute Gasteiger partial charge is 0.0439 e. The van der Waals surface area contributed by atoms with E-state index in [1.165, 1.54) is 167 Å². The van der Waals surface area contributed by atoms with Crippen molar-refractivity contribution in [2.24, 2.45) is 5.73 Å². The number of hydrogen-bond donors (Lipinski definition) is 1. The summed E-state index contributed by atoms with van der Waals surface area (Å²) in [6.45, 7) is 18.0. The molecule has 0 saturated carbocycles. The van der Waals surface area contributed by atoms with E-state index in [-0.39, 0.29) is 11.0 Å². The molecule has 2 aromatic rings. The average molecular weight is 742 g/mol.